The molecule has 11 heteroatoms. The van der Waals surface area contributed by atoms with Crippen molar-refractivity contribution in [3.8, 4) is 0 Å². The van der Waals surface area contributed by atoms with Gasteiger partial charge in [0.05, 0.1) is 13.2 Å². The van der Waals surface area contributed by atoms with E-state index in [2.05, 4.69) is 0 Å². The zero-order chi connectivity index (χ0) is 17.3. The summed E-state index contributed by atoms with van der Waals surface area (Å²) in [5.41, 5.74) is 0. The molecular weight excluding hydrogens is 320 g/mol. The Labute approximate surface area is 130 Å². The number of hydrogen-bond donors (Lipinski definition) is 8. The van der Waals surface area contributed by atoms with Gasteiger partial charge in [-0.1, -0.05) is 0 Å². The van der Waals surface area contributed by atoms with E-state index in [0.717, 1.165) is 0 Å². The van der Waals surface area contributed by atoms with E-state index in [1.807, 2.05) is 0 Å². The molecule has 10 atom stereocenters. The molecule has 2 fully saturated rings. The second-order valence-corrected chi connectivity index (χ2v) is 5.53. The van der Waals surface area contributed by atoms with Crippen molar-refractivity contribution >= 4 is 0 Å². The Kier molecular flexibility index (Phi) is 6.27. The molecule has 2 aliphatic rings. The lowest BCUT2D eigenvalue weighted by Gasteiger charge is -2.44. The van der Waals surface area contributed by atoms with E-state index in [1.165, 1.54) is 0 Å². The molecule has 136 valence electrons. The number of hydrogen-bond acceptors (Lipinski definition) is 11. The molecule has 11 nitrogen and oxygen atoms in total. The molecule has 8 N–H and O–H groups in total. The van der Waals surface area contributed by atoms with Gasteiger partial charge in [-0.05, 0) is 0 Å². The van der Waals surface area contributed by atoms with Gasteiger partial charge in [0, 0.05) is 0 Å². The lowest BCUT2D eigenvalue weighted by Crippen LogP contribution is -2.63. The largest absolute Gasteiger partial charge is 0.394 e. The maximum absolute atomic E-state index is 9.84. The van der Waals surface area contributed by atoms with Crippen molar-refractivity contribution in [3.63, 3.8) is 0 Å². The molecule has 0 saturated carbocycles. The van der Waals surface area contributed by atoms with Gasteiger partial charge in [-0.25, -0.2) is 0 Å². The van der Waals surface area contributed by atoms with E-state index in [4.69, 9.17) is 24.4 Å². The van der Waals surface area contributed by atoms with Crippen molar-refractivity contribution in [2.75, 3.05) is 13.2 Å². The Balaban J connectivity index is 2.07. The van der Waals surface area contributed by atoms with Crippen LogP contribution in [0.15, 0.2) is 0 Å². The second-order valence-electron chi connectivity index (χ2n) is 5.53. The number of aliphatic hydroxyl groups excluding tert-OH is 8. The van der Waals surface area contributed by atoms with Gasteiger partial charge in [0.2, 0.25) is 0 Å². The van der Waals surface area contributed by atoms with Crippen molar-refractivity contribution in [3.05, 3.63) is 0 Å². The Hall–Kier alpha value is -0.440. The lowest BCUT2D eigenvalue weighted by molar-refractivity contribution is -0.376. The highest BCUT2D eigenvalue weighted by atomic mass is 16.8. The van der Waals surface area contributed by atoms with Gasteiger partial charge in [-0.2, -0.15) is 0 Å². The topological polar surface area (TPSA) is 190 Å². The Morgan fingerprint density at radius 3 is 1.22 bits per heavy atom. The lowest BCUT2D eigenvalue weighted by atomic mass is 9.98. The van der Waals surface area contributed by atoms with Gasteiger partial charge in [-0.15, -0.1) is 0 Å². The highest BCUT2D eigenvalue weighted by Crippen LogP contribution is 2.27. The molecule has 0 radical (unpaired) electrons. The van der Waals surface area contributed by atoms with Gasteiger partial charge in [-0.3, -0.25) is 0 Å². The van der Waals surface area contributed by atoms with E-state index in [-0.39, 0.29) is 0 Å². The fourth-order valence-corrected chi connectivity index (χ4v) is 2.49. The van der Waals surface area contributed by atoms with Crippen LogP contribution in [-0.2, 0) is 14.2 Å². The first kappa shape index (κ1) is 18.9. The van der Waals surface area contributed by atoms with Gasteiger partial charge >= 0.3 is 0 Å². The molecule has 0 aromatic carbocycles. The number of rotatable bonds is 4. The van der Waals surface area contributed by atoms with E-state index in [1.54, 1.807) is 0 Å². The van der Waals surface area contributed by atoms with Crippen molar-refractivity contribution in [2.45, 2.75) is 61.4 Å². The van der Waals surface area contributed by atoms with Gasteiger partial charge in [0.15, 0.2) is 12.6 Å². The third kappa shape index (κ3) is 3.65. The van der Waals surface area contributed by atoms with Crippen LogP contribution < -0.4 is 0 Å². The Morgan fingerprint density at radius 2 is 0.913 bits per heavy atom. The first-order valence-corrected chi connectivity index (χ1v) is 7.08. The predicted octanol–water partition coefficient (Wildman–Crippen LogP) is -5.40. The van der Waals surface area contributed by atoms with Crippen LogP contribution in [0.2, 0.25) is 0 Å². The molecule has 2 saturated heterocycles. The van der Waals surface area contributed by atoms with Crippen LogP contribution in [-0.4, -0.2) is 115 Å². The highest BCUT2D eigenvalue weighted by Gasteiger charge is 2.49. The predicted molar refractivity (Wildman–Crippen MR) is 68.6 cm³/mol. The summed E-state index contributed by atoms with van der Waals surface area (Å²) in [6.07, 6.45) is -15.6. The van der Waals surface area contributed by atoms with Crippen LogP contribution >= 0.6 is 0 Å². The summed E-state index contributed by atoms with van der Waals surface area (Å²) >= 11 is 0. The van der Waals surface area contributed by atoms with E-state index in [0.29, 0.717) is 0 Å². The minimum absolute atomic E-state index is 0.667. The maximum atomic E-state index is 9.84. The normalized spacial score (nSPS) is 51.7. The summed E-state index contributed by atoms with van der Waals surface area (Å²) in [6.45, 7) is -1.33. The van der Waals surface area contributed by atoms with E-state index in [9.17, 15) is 30.6 Å². The van der Waals surface area contributed by atoms with E-state index >= 15 is 0 Å². The molecule has 0 amide bonds. The zero-order valence-corrected chi connectivity index (χ0v) is 12.0. The Morgan fingerprint density at radius 1 is 0.565 bits per heavy atom. The van der Waals surface area contributed by atoms with Crippen LogP contribution in [0.4, 0.5) is 0 Å². The molecule has 2 rings (SSSR count). The SMILES string of the molecule is OCC1O[C@H](O[C@@H]2O[C@H](CO)[C@H](O)C(O)C2O)C(O)[C@H](O)[C@@H]1O. The van der Waals surface area contributed by atoms with Gasteiger partial charge < -0.3 is 55.1 Å². The third-order valence-corrected chi connectivity index (χ3v) is 3.97. The second kappa shape index (κ2) is 7.63. The minimum Gasteiger partial charge on any atom is -0.394 e. The maximum Gasteiger partial charge on any atom is 0.189 e. The quantitative estimate of drug-likeness (QED) is 0.243. The molecule has 2 heterocycles. The minimum atomic E-state index is -1.72. The molecule has 2 aliphatic heterocycles. The van der Waals surface area contributed by atoms with Crippen molar-refractivity contribution in [1.82, 2.24) is 0 Å². The zero-order valence-electron chi connectivity index (χ0n) is 12.0. The molecule has 0 bridgehead atoms. The molecule has 0 aliphatic carbocycles. The Bertz CT molecular complexity index is 344. The van der Waals surface area contributed by atoms with Crippen LogP contribution in [0, 0.1) is 0 Å². The molecule has 0 aromatic rings. The summed E-state index contributed by atoms with van der Waals surface area (Å²) in [5, 5.41) is 76.4. The van der Waals surface area contributed by atoms with Gasteiger partial charge in [0.1, 0.15) is 48.8 Å². The number of aliphatic hydroxyl groups is 8. The summed E-state index contributed by atoms with van der Waals surface area (Å²) < 4.78 is 15.3. The van der Waals surface area contributed by atoms with Crippen molar-refractivity contribution in [2.24, 2.45) is 0 Å². The summed E-state index contributed by atoms with van der Waals surface area (Å²) in [6, 6.07) is 0. The molecule has 0 aromatic heterocycles. The average Bonchev–Trinajstić information content (AvgIpc) is 2.55. The molecular formula is C12H22O11. The fourth-order valence-electron chi connectivity index (χ4n) is 2.49. The van der Waals surface area contributed by atoms with Crippen LogP contribution in [0.25, 0.3) is 0 Å². The van der Waals surface area contributed by atoms with E-state index < -0.39 is 74.6 Å². The number of ether oxygens (including phenoxy) is 3. The third-order valence-electron chi connectivity index (χ3n) is 3.97. The smallest absolute Gasteiger partial charge is 0.189 e. The van der Waals surface area contributed by atoms with Gasteiger partial charge in [0.25, 0.3) is 0 Å². The van der Waals surface area contributed by atoms with Crippen molar-refractivity contribution in [1.29, 1.82) is 0 Å². The summed E-state index contributed by atoms with van der Waals surface area (Å²) in [4.78, 5) is 0. The summed E-state index contributed by atoms with van der Waals surface area (Å²) in [7, 11) is 0. The average molecular weight is 342 g/mol. The monoisotopic (exact) mass is 342 g/mol. The molecule has 23 heavy (non-hydrogen) atoms. The summed E-state index contributed by atoms with van der Waals surface area (Å²) in [5.74, 6) is 0. The van der Waals surface area contributed by atoms with Crippen molar-refractivity contribution < 1.29 is 55.1 Å². The highest BCUT2D eigenvalue weighted by molar-refractivity contribution is 4.92. The van der Waals surface area contributed by atoms with Crippen LogP contribution in [0.1, 0.15) is 0 Å². The fraction of sp³-hybridized carbons (Fsp3) is 1.00. The van der Waals surface area contributed by atoms with Crippen LogP contribution in [0.5, 0.6) is 0 Å². The van der Waals surface area contributed by atoms with Crippen LogP contribution in [0.3, 0.4) is 0 Å². The standard InChI is InChI=1S/C12H22O11/c13-1-3-5(15)7(17)9(19)11(21-3)23-12-10(20)8(18)6(16)4(2-14)22-12/h3-20H,1-2H2/t3-,4?,5+,6-,7?,8-,9?,10?,11+,12-/m1/s1. The molecule has 4 unspecified atom stereocenters. The molecule has 0 spiro atoms. The first-order valence-electron chi connectivity index (χ1n) is 7.08. The first-order chi connectivity index (χ1) is 10.8.